The van der Waals surface area contributed by atoms with Gasteiger partial charge in [-0.15, -0.1) is 10.2 Å². The smallest absolute Gasteiger partial charge is 0.313 e. The second-order valence-corrected chi connectivity index (χ2v) is 7.02. The van der Waals surface area contributed by atoms with Crippen molar-refractivity contribution in [3.8, 4) is 0 Å². The Hall–Kier alpha value is -2.35. The molecule has 0 atom stereocenters. The van der Waals surface area contributed by atoms with E-state index in [0.29, 0.717) is 17.6 Å². The molecule has 0 saturated heterocycles. The number of hydrogen-bond acceptors (Lipinski definition) is 6. The van der Waals surface area contributed by atoms with Gasteiger partial charge in [0, 0.05) is 12.7 Å². The molecule has 1 aromatic carbocycles. The zero-order valence-corrected chi connectivity index (χ0v) is 16.8. The predicted molar refractivity (Wildman–Crippen MR) is 106 cm³/mol. The summed E-state index contributed by atoms with van der Waals surface area (Å²) in [6, 6.07) is 7.94. The molecular weight excluding hydrogens is 364 g/mol. The fourth-order valence-corrected chi connectivity index (χ4v) is 3.16. The molecular formula is C19H26N4O3S. The van der Waals surface area contributed by atoms with E-state index in [1.165, 1.54) is 23.7 Å². The third-order valence-electron chi connectivity index (χ3n) is 3.92. The van der Waals surface area contributed by atoms with E-state index in [-0.39, 0.29) is 24.1 Å². The second kappa shape index (κ2) is 10.7. The van der Waals surface area contributed by atoms with E-state index < -0.39 is 0 Å². The van der Waals surface area contributed by atoms with Gasteiger partial charge in [-0.1, -0.05) is 37.2 Å². The molecule has 0 aliphatic rings. The van der Waals surface area contributed by atoms with Gasteiger partial charge < -0.3 is 14.6 Å². The van der Waals surface area contributed by atoms with Gasteiger partial charge in [-0.25, -0.2) is 0 Å². The van der Waals surface area contributed by atoms with E-state index in [1.54, 1.807) is 18.5 Å². The first-order valence-corrected chi connectivity index (χ1v) is 10.1. The maximum Gasteiger partial charge on any atom is 0.313 e. The molecule has 27 heavy (non-hydrogen) atoms. The second-order valence-electron chi connectivity index (χ2n) is 6.08. The Morgan fingerprint density at radius 3 is 2.59 bits per heavy atom. The van der Waals surface area contributed by atoms with Crippen molar-refractivity contribution < 1.29 is 14.3 Å². The summed E-state index contributed by atoms with van der Waals surface area (Å²) in [6.45, 7) is 4.26. The number of anilines is 1. The highest BCUT2D eigenvalue weighted by molar-refractivity contribution is 7.99. The van der Waals surface area contributed by atoms with Crippen molar-refractivity contribution in [1.29, 1.82) is 0 Å². The van der Waals surface area contributed by atoms with E-state index in [2.05, 4.69) is 22.4 Å². The number of nitrogens with one attached hydrogen (secondary N) is 1. The van der Waals surface area contributed by atoms with Crippen molar-refractivity contribution in [1.82, 2.24) is 14.8 Å². The van der Waals surface area contributed by atoms with Gasteiger partial charge in [-0.3, -0.25) is 9.59 Å². The number of unbranched alkanes of at least 4 members (excludes halogenated alkanes) is 1. The zero-order valence-electron chi connectivity index (χ0n) is 16.0. The highest BCUT2D eigenvalue weighted by atomic mass is 32.2. The van der Waals surface area contributed by atoms with Crippen molar-refractivity contribution in [3.05, 3.63) is 35.7 Å². The third-order valence-corrected chi connectivity index (χ3v) is 4.94. The van der Waals surface area contributed by atoms with Crippen LogP contribution in [0.3, 0.4) is 0 Å². The molecule has 2 rings (SSSR count). The number of esters is 1. The number of aromatic nitrogens is 3. The molecule has 0 aliphatic carbocycles. The average molecular weight is 391 g/mol. The molecule has 1 aromatic heterocycles. The number of carbonyl (C=O) groups excluding carboxylic acids is 2. The summed E-state index contributed by atoms with van der Waals surface area (Å²) in [6.07, 6.45) is 3.45. The van der Waals surface area contributed by atoms with Crippen molar-refractivity contribution in [2.75, 3.05) is 17.7 Å². The molecule has 0 spiro atoms. The van der Waals surface area contributed by atoms with Crippen LogP contribution in [0.2, 0.25) is 0 Å². The molecule has 2 aromatic rings. The van der Waals surface area contributed by atoms with Crippen LogP contribution < -0.4 is 5.32 Å². The number of ether oxygens (including phenoxy) is 1. The fraction of sp³-hybridized carbons (Fsp3) is 0.474. The van der Waals surface area contributed by atoms with E-state index in [0.717, 1.165) is 18.5 Å². The highest BCUT2D eigenvalue weighted by Crippen LogP contribution is 2.17. The van der Waals surface area contributed by atoms with Crippen molar-refractivity contribution >= 4 is 29.3 Å². The lowest BCUT2D eigenvalue weighted by atomic mass is 10.1. The minimum absolute atomic E-state index is 0.0640. The summed E-state index contributed by atoms with van der Waals surface area (Å²) < 4.78 is 6.62. The minimum Gasteiger partial charge on any atom is -0.466 e. The Balaban J connectivity index is 1.83. The molecule has 1 amide bonds. The summed E-state index contributed by atoms with van der Waals surface area (Å²) in [5, 5.41) is 11.5. The van der Waals surface area contributed by atoms with E-state index in [9.17, 15) is 9.59 Å². The first kappa shape index (κ1) is 21.0. The van der Waals surface area contributed by atoms with Crippen LogP contribution in [0.25, 0.3) is 0 Å². The Labute approximate surface area is 163 Å². The molecule has 1 N–H and O–H groups in total. The summed E-state index contributed by atoms with van der Waals surface area (Å²) in [4.78, 5) is 23.7. The Kier molecular flexibility index (Phi) is 8.32. The number of aryl methyl sites for hydroxylation is 1. The van der Waals surface area contributed by atoms with Gasteiger partial charge in [-0.05, 0) is 37.5 Å². The maximum atomic E-state index is 12.2. The monoisotopic (exact) mass is 390 g/mol. The summed E-state index contributed by atoms with van der Waals surface area (Å²) in [5.74, 6) is 0.267. The van der Waals surface area contributed by atoms with Gasteiger partial charge in [0.2, 0.25) is 5.91 Å². The molecule has 1 heterocycles. The van der Waals surface area contributed by atoms with Crippen LogP contribution in [0.15, 0.2) is 29.4 Å². The van der Waals surface area contributed by atoms with Crippen LogP contribution in [0.4, 0.5) is 5.69 Å². The van der Waals surface area contributed by atoms with Gasteiger partial charge in [0.1, 0.15) is 12.2 Å². The van der Waals surface area contributed by atoms with Crippen LogP contribution >= 0.6 is 11.8 Å². The summed E-state index contributed by atoms with van der Waals surface area (Å²) in [5.41, 5.74) is 2.05. The lowest BCUT2D eigenvalue weighted by molar-refractivity contribution is -0.142. The highest BCUT2D eigenvalue weighted by Gasteiger charge is 2.15. The van der Waals surface area contributed by atoms with Crippen molar-refractivity contribution in [3.63, 3.8) is 0 Å². The average Bonchev–Trinajstić information content (AvgIpc) is 2.99. The van der Waals surface area contributed by atoms with Gasteiger partial charge >= 0.3 is 5.97 Å². The van der Waals surface area contributed by atoms with E-state index in [4.69, 9.17) is 4.74 Å². The number of carbonyl (C=O) groups is 2. The van der Waals surface area contributed by atoms with Gasteiger partial charge in [0.15, 0.2) is 5.16 Å². The molecule has 0 saturated carbocycles. The van der Waals surface area contributed by atoms with Gasteiger partial charge in [0.25, 0.3) is 0 Å². The van der Waals surface area contributed by atoms with Gasteiger partial charge in [0.05, 0.1) is 12.4 Å². The Morgan fingerprint density at radius 2 is 1.93 bits per heavy atom. The molecule has 0 bridgehead atoms. The summed E-state index contributed by atoms with van der Waals surface area (Å²) >= 11 is 1.28. The molecule has 0 fully saturated rings. The number of rotatable bonds is 10. The number of hydrogen-bond donors (Lipinski definition) is 1. The van der Waals surface area contributed by atoms with Crippen LogP contribution in [-0.2, 0) is 34.2 Å². The standard InChI is InChI=1S/C19H26N4O3S/c1-4-6-7-14-8-10-15(11-9-14)20-17(24)13-27-19-22-21-16(23(19)3)12-18(25)26-5-2/h8-11H,4-7,12-13H2,1-3H3,(H,20,24). The SMILES string of the molecule is CCCCc1ccc(NC(=O)CSc2nnc(CC(=O)OCC)n2C)cc1. The van der Waals surface area contributed by atoms with Gasteiger partial charge in [-0.2, -0.15) is 0 Å². The topological polar surface area (TPSA) is 86.1 Å². The van der Waals surface area contributed by atoms with Crippen LogP contribution in [0.1, 0.15) is 38.1 Å². The minimum atomic E-state index is -0.343. The first-order chi connectivity index (χ1) is 13.0. The third kappa shape index (κ3) is 6.71. The normalized spacial score (nSPS) is 10.6. The number of benzene rings is 1. The number of amides is 1. The fourth-order valence-electron chi connectivity index (χ4n) is 2.43. The van der Waals surface area contributed by atoms with E-state index in [1.807, 2.05) is 24.3 Å². The number of thioether (sulfide) groups is 1. The molecule has 7 nitrogen and oxygen atoms in total. The number of nitrogens with zero attached hydrogens (tertiary/aromatic N) is 3. The van der Waals surface area contributed by atoms with Crippen molar-refractivity contribution in [2.45, 2.75) is 44.7 Å². The molecule has 0 radical (unpaired) electrons. The Bertz CT molecular complexity index is 759. The lowest BCUT2D eigenvalue weighted by Gasteiger charge is -2.07. The van der Waals surface area contributed by atoms with E-state index >= 15 is 0 Å². The van der Waals surface area contributed by atoms with Crippen LogP contribution in [0, 0.1) is 0 Å². The largest absolute Gasteiger partial charge is 0.466 e. The van der Waals surface area contributed by atoms with Crippen molar-refractivity contribution in [2.24, 2.45) is 7.05 Å². The maximum absolute atomic E-state index is 12.2. The lowest BCUT2D eigenvalue weighted by Crippen LogP contribution is -2.15. The quantitative estimate of drug-likeness (QED) is 0.496. The molecule has 8 heteroatoms. The van der Waals surface area contributed by atoms with Crippen LogP contribution in [-0.4, -0.2) is 39.0 Å². The first-order valence-electron chi connectivity index (χ1n) is 9.09. The molecule has 0 unspecified atom stereocenters. The zero-order chi connectivity index (χ0) is 19.6. The van der Waals surface area contributed by atoms with Crippen LogP contribution in [0.5, 0.6) is 0 Å². The molecule has 146 valence electrons. The summed E-state index contributed by atoms with van der Waals surface area (Å²) in [7, 11) is 1.77. The Morgan fingerprint density at radius 1 is 1.19 bits per heavy atom. The predicted octanol–water partition coefficient (Wildman–Crippen LogP) is 2.99. The molecule has 0 aliphatic heterocycles.